The fourth-order valence-electron chi connectivity index (χ4n) is 3.95. The third-order valence-corrected chi connectivity index (χ3v) is 6.33. The van der Waals surface area contributed by atoms with E-state index in [-0.39, 0.29) is 6.09 Å². The largest absolute Gasteiger partial charge is 0.444 e. The maximum absolute atomic E-state index is 12.6. The molecule has 0 unspecified atom stereocenters. The minimum Gasteiger partial charge on any atom is -0.444 e. The van der Waals surface area contributed by atoms with Crippen LogP contribution >= 0.6 is 23.2 Å². The van der Waals surface area contributed by atoms with Crippen molar-refractivity contribution in [3.05, 3.63) is 58.5 Å². The minimum atomic E-state index is -0.525. The van der Waals surface area contributed by atoms with Crippen molar-refractivity contribution in [2.24, 2.45) is 0 Å². The van der Waals surface area contributed by atoms with Gasteiger partial charge < -0.3 is 19.4 Å². The van der Waals surface area contributed by atoms with Crippen molar-refractivity contribution in [3.8, 4) is 0 Å². The summed E-state index contributed by atoms with van der Waals surface area (Å²) < 4.78 is 5.57. The van der Waals surface area contributed by atoms with Gasteiger partial charge in [-0.25, -0.2) is 14.9 Å². The molecule has 9 nitrogen and oxygen atoms in total. The Morgan fingerprint density at radius 3 is 2.69 bits per heavy atom. The van der Waals surface area contributed by atoms with Crippen molar-refractivity contribution < 1.29 is 9.53 Å². The molecule has 3 aromatic rings. The van der Waals surface area contributed by atoms with Gasteiger partial charge in [0.05, 0.1) is 22.3 Å². The zero-order valence-corrected chi connectivity index (χ0v) is 21.6. The molecule has 3 heterocycles. The van der Waals surface area contributed by atoms with E-state index in [1.165, 1.54) is 6.33 Å². The number of nitrogens with one attached hydrogen (secondary N) is 1. The van der Waals surface area contributed by atoms with Gasteiger partial charge in [0.2, 0.25) is 5.95 Å². The molecule has 4 rings (SSSR count). The molecule has 1 amide bonds. The number of halogens is 2. The number of rotatable bonds is 5. The molecule has 1 fully saturated rings. The quantitative estimate of drug-likeness (QED) is 0.491. The van der Waals surface area contributed by atoms with Crippen LogP contribution in [0, 0.1) is 0 Å². The molecular weight excluding hydrogens is 489 g/mol. The molecule has 0 atom stereocenters. The summed E-state index contributed by atoms with van der Waals surface area (Å²) in [4.78, 5) is 27.5. The number of pyridine rings is 1. The lowest BCUT2D eigenvalue weighted by Gasteiger charge is -2.28. The number of hydrogen-bond donors (Lipinski definition) is 1. The second kappa shape index (κ2) is 10.7. The van der Waals surface area contributed by atoms with E-state index in [0.29, 0.717) is 47.9 Å². The molecule has 11 heteroatoms. The highest BCUT2D eigenvalue weighted by molar-refractivity contribution is 6.43. The molecule has 0 bridgehead atoms. The summed E-state index contributed by atoms with van der Waals surface area (Å²) in [5.41, 5.74) is 1.16. The van der Waals surface area contributed by atoms with Gasteiger partial charge in [-0.05, 0) is 45.4 Å². The van der Waals surface area contributed by atoms with E-state index in [1.807, 2.05) is 49.9 Å². The smallest absolute Gasteiger partial charge is 0.410 e. The number of nitrogens with zero attached hydrogens (tertiary/aromatic N) is 6. The van der Waals surface area contributed by atoms with Crippen molar-refractivity contribution in [2.75, 3.05) is 36.0 Å². The second-order valence-electron chi connectivity index (χ2n) is 9.26. The molecule has 1 saturated heterocycles. The number of aromatic nitrogens is 4. The zero-order valence-electron chi connectivity index (χ0n) is 20.0. The van der Waals surface area contributed by atoms with Crippen molar-refractivity contribution in [1.82, 2.24) is 25.1 Å². The van der Waals surface area contributed by atoms with Gasteiger partial charge in [-0.2, -0.15) is 10.1 Å². The van der Waals surface area contributed by atoms with Crippen LogP contribution in [0.25, 0.3) is 0 Å². The summed E-state index contributed by atoms with van der Waals surface area (Å²) in [6.45, 7) is 8.66. The Morgan fingerprint density at radius 1 is 1.11 bits per heavy atom. The zero-order chi connectivity index (χ0) is 25.0. The molecule has 0 aliphatic carbocycles. The van der Waals surface area contributed by atoms with Crippen LogP contribution in [0.4, 0.5) is 22.2 Å². The van der Waals surface area contributed by atoms with Crippen LogP contribution in [0.3, 0.4) is 0 Å². The molecular formula is C24H29Cl2N7O2. The van der Waals surface area contributed by atoms with Crippen LogP contribution in [0.1, 0.15) is 32.8 Å². The van der Waals surface area contributed by atoms with Crippen LogP contribution in [0.5, 0.6) is 0 Å². The second-order valence-corrected chi connectivity index (χ2v) is 10.0. The highest BCUT2D eigenvalue weighted by atomic mass is 35.5. The van der Waals surface area contributed by atoms with Crippen LogP contribution in [-0.2, 0) is 11.3 Å². The monoisotopic (exact) mass is 517 g/mol. The SMILES string of the molecule is CC(C)(C)OC(=O)N1CCCN(c2ncccc2CN(c2ncn[nH]2)c2cccc(Cl)c2Cl)CC1. The molecule has 0 radical (unpaired) electrons. The average molecular weight is 518 g/mol. The van der Waals surface area contributed by atoms with Gasteiger partial charge in [0.1, 0.15) is 17.7 Å². The number of carbonyl (C=O) groups is 1. The summed E-state index contributed by atoms with van der Waals surface area (Å²) in [6, 6.07) is 9.41. The third-order valence-electron chi connectivity index (χ3n) is 5.52. The van der Waals surface area contributed by atoms with Gasteiger partial charge in [-0.15, -0.1) is 0 Å². The van der Waals surface area contributed by atoms with E-state index in [4.69, 9.17) is 32.9 Å². The van der Waals surface area contributed by atoms with E-state index in [1.54, 1.807) is 17.2 Å². The lowest BCUT2D eigenvalue weighted by atomic mass is 10.2. The fraction of sp³-hybridized carbons (Fsp3) is 0.417. The van der Waals surface area contributed by atoms with E-state index in [0.717, 1.165) is 24.3 Å². The topological polar surface area (TPSA) is 90.5 Å². The first-order valence-electron chi connectivity index (χ1n) is 11.5. The number of carbonyl (C=O) groups excluding carboxylic acids is 1. The van der Waals surface area contributed by atoms with Crippen LogP contribution in [0.2, 0.25) is 10.0 Å². The number of aromatic amines is 1. The number of benzene rings is 1. The number of ether oxygens (including phenoxy) is 1. The molecule has 1 aliphatic rings. The van der Waals surface area contributed by atoms with Crippen LogP contribution in [0.15, 0.2) is 42.9 Å². The average Bonchev–Trinajstić information content (AvgIpc) is 3.23. The van der Waals surface area contributed by atoms with Crippen molar-refractivity contribution in [3.63, 3.8) is 0 Å². The summed E-state index contributed by atoms with van der Waals surface area (Å²) in [7, 11) is 0. The number of amides is 1. The predicted octanol–water partition coefficient (Wildman–Crippen LogP) is 5.29. The predicted molar refractivity (Wildman–Crippen MR) is 138 cm³/mol. The lowest BCUT2D eigenvalue weighted by Crippen LogP contribution is -2.39. The van der Waals surface area contributed by atoms with Crippen molar-refractivity contribution >= 4 is 46.7 Å². The highest BCUT2D eigenvalue weighted by Gasteiger charge is 2.26. The Morgan fingerprint density at radius 2 is 1.94 bits per heavy atom. The number of anilines is 3. The first kappa shape index (κ1) is 25.1. The van der Waals surface area contributed by atoms with Gasteiger partial charge in [0, 0.05) is 37.9 Å². The van der Waals surface area contributed by atoms with Gasteiger partial charge in [0.15, 0.2) is 0 Å². The first-order chi connectivity index (χ1) is 16.7. The molecule has 35 heavy (non-hydrogen) atoms. The van der Waals surface area contributed by atoms with Crippen LogP contribution in [-0.4, -0.2) is 62.9 Å². The minimum absolute atomic E-state index is 0.285. The standard InChI is InChI=1S/C24H29Cl2N7O2/c1-24(2,3)35-23(34)32-12-6-11-31(13-14-32)21-17(7-5-10-27-21)15-33(22-28-16-29-30-22)19-9-4-8-18(25)20(19)26/h4-5,7-10,16H,6,11-15H2,1-3H3,(H,28,29,30). The van der Waals surface area contributed by atoms with E-state index < -0.39 is 5.60 Å². The highest BCUT2D eigenvalue weighted by Crippen LogP contribution is 2.37. The summed E-state index contributed by atoms with van der Waals surface area (Å²) in [6.07, 6.45) is 3.75. The van der Waals surface area contributed by atoms with Gasteiger partial charge in [-0.3, -0.25) is 0 Å². The molecule has 0 saturated carbocycles. The van der Waals surface area contributed by atoms with Gasteiger partial charge in [-0.1, -0.05) is 35.3 Å². The Hall–Kier alpha value is -3.04. The van der Waals surface area contributed by atoms with E-state index in [2.05, 4.69) is 20.1 Å². The number of hydrogen-bond acceptors (Lipinski definition) is 7. The van der Waals surface area contributed by atoms with E-state index in [9.17, 15) is 4.79 Å². The molecule has 186 valence electrons. The van der Waals surface area contributed by atoms with Gasteiger partial charge in [0.25, 0.3) is 0 Å². The normalized spacial score (nSPS) is 14.5. The fourth-order valence-corrected chi connectivity index (χ4v) is 4.35. The molecule has 0 spiro atoms. The summed E-state index contributed by atoms with van der Waals surface area (Å²) >= 11 is 12.9. The summed E-state index contributed by atoms with van der Waals surface area (Å²) in [5.74, 6) is 1.39. The molecule has 1 aromatic carbocycles. The van der Waals surface area contributed by atoms with Crippen molar-refractivity contribution in [2.45, 2.75) is 39.3 Å². The molecule has 1 N–H and O–H groups in total. The maximum Gasteiger partial charge on any atom is 0.410 e. The molecule has 1 aliphatic heterocycles. The van der Waals surface area contributed by atoms with Gasteiger partial charge >= 0.3 is 6.09 Å². The van der Waals surface area contributed by atoms with Crippen molar-refractivity contribution in [1.29, 1.82) is 0 Å². The molecule has 2 aromatic heterocycles. The third kappa shape index (κ3) is 6.15. The summed E-state index contributed by atoms with van der Waals surface area (Å²) in [5, 5.41) is 7.81. The first-order valence-corrected chi connectivity index (χ1v) is 12.2. The Bertz CT molecular complexity index is 1150. The number of H-pyrrole nitrogens is 1. The Kier molecular flexibility index (Phi) is 7.66. The van der Waals surface area contributed by atoms with E-state index >= 15 is 0 Å². The Balaban J connectivity index is 1.58. The lowest BCUT2D eigenvalue weighted by molar-refractivity contribution is 0.0263. The Labute approximate surface area is 215 Å². The maximum atomic E-state index is 12.6. The van der Waals surface area contributed by atoms with Crippen LogP contribution < -0.4 is 9.80 Å².